The molecular formula is C22H36BN7O6. The van der Waals surface area contributed by atoms with Gasteiger partial charge in [0.15, 0.2) is 7.85 Å². The van der Waals surface area contributed by atoms with Crippen LogP contribution in [0, 0.1) is 5.92 Å². The van der Waals surface area contributed by atoms with Crippen LogP contribution in [-0.2, 0) is 24.0 Å². The molecule has 13 nitrogen and oxygen atoms in total. The van der Waals surface area contributed by atoms with E-state index in [4.69, 9.17) is 13.6 Å². The van der Waals surface area contributed by atoms with Crippen molar-refractivity contribution in [1.82, 2.24) is 31.5 Å². The van der Waals surface area contributed by atoms with Crippen molar-refractivity contribution in [3.05, 3.63) is 12.2 Å². The summed E-state index contributed by atoms with van der Waals surface area (Å²) in [7, 11) is 5.07. The first-order valence-corrected chi connectivity index (χ1v) is 11.9. The van der Waals surface area contributed by atoms with Gasteiger partial charge in [-0.25, -0.2) is 4.79 Å². The zero-order valence-electron chi connectivity index (χ0n) is 20.8. The van der Waals surface area contributed by atoms with Crippen molar-refractivity contribution in [2.75, 3.05) is 39.3 Å². The third-order valence-corrected chi connectivity index (χ3v) is 5.29. The lowest BCUT2D eigenvalue weighted by Gasteiger charge is -2.25. The number of hydrogen-bond donors (Lipinski definition) is 6. The Balaban J connectivity index is 2.48. The number of imide groups is 1. The number of rotatable bonds is 18. The molecule has 7 N–H and O–H groups in total. The molecule has 14 heteroatoms. The Hall–Kier alpha value is -3.26. The summed E-state index contributed by atoms with van der Waals surface area (Å²) in [6.45, 7) is 5.49. The fourth-order valence-electron chi connectivity index (χ4n) is 3.43. The number of nitrogens with zero attached hydrogens (tertiary/aromatic N) is 1. The molecule has 0 fully saturated rings. The van der Waals surface area contributed by atoms with Gasteiger partial charge in [0.2, 0.25) is 11.8 Å². The Morgan fingerprint density at radius 3 is 2.19 bits per heavy atom. The third kappa shape index (κ3) is 11.9. The Labute approximate surface area is 212 Å². The number of amides is 6. The minimum atomic E-state index is -0.932. The fraction of sp³-hybridized carbons (Fsp3) is 0.636. The molecule has 36 heavy (non-hydrogen) atoms. The smallest absolute Gasteiger partial charge is 0.312 e. The summed E-state index contributed by atoms with van der Waals surface area (Å²) in [6.07, 6.45) is 3.67. The van der Waals surface area contributed by atoms with E-state index in [9.17, 15) is 28.8 Å². The van der Waals surface area contributed by atoms with Gasteiger partial charge in [0.1, 0.15) is 6.04 Å². The normalized spacial score (nSPS) is 14.6. The molecule has 6 amide bonds. The van der Waals surface area contributed by atoms with Crippen LogP contribution in [0.4, 0.5) is 4.79 Å². The highest BCUT2D eigenvalue weighted by Crippen LogP contribution is 2.05. The minimum absolute atomic E-state index is 0.0875. The summed E-state index contributed by atoms with van der Waals surface area (Å²) in [5.41, 5.74) is 4.32. The topological polar surface area (TPSA) is 192 Å². The van der Waals surface area contributed by atoms with Crippen molar-refractivity contribution < 1.29 is 28.8 Å². The van der Waals surface area contributed by atoms with E-state index in [1.54, 1.807) is 0 Å². The predicted octanol–water partition coefficient (Wildman–Crippen LogP) is -2.75. The van der Waals surface area contributed by atoms with Crippen LogP contribution in [-0.4, -0.2) is 99.4 Å². The van der Waals surface area contributed by atoms with Crippen LogP contribution in [0.15, 0.2) is 12.2 Å². The summed E-state index contributed by atoms with van der Waals surface area (Å²) in [4.78, 5) is 71.5. The Morgan fingerprint density at radius 2 is 1.61 bits per heavy atom. The average Bonchev–Trinajstić information content (AvgIpc) is 3.12. The van der Waals surface area contributed by atoms with E-state index in [0.29, 0.717) is 39.0 Å². The van der Waals surface area contributed by atoms with E-state index in [0.717, 1.165) is 0 Å². The molecule has 0 saturated carbocycles. The second kappa shape index (κ2) is 16.4. The molecule has 0 aliphatic carbocycles. The second-order valence-corrected chi connectivity index (χ2v) is 8.62. The Kier molecular flexibility index (Phi) is 14.0. The van der Waals surface area contributed by atoms with Crippen molar-refractivity contribution in [2.24, 2.45) is 11.7 Å². The number of hydrogen-bond acceptors (Lipinski definition) is 8. The van der Waals surface area contributed by atoms with Gasteiger partial charge in [-0.1, -0.05) is 13.8 Å². The average molecular weight is 505 g/mol. The molecule has 0 aromatic rings. The number of nitrogens with one attached hydrogen (secondary N) is 5. The summed E-state index contributed by atoms with van der Waals surface area (Å²) in [5.74, 6) is -1.65. The predicted molar refractivity (Wildman–Crippen MR) is 132 cm³/mol. The van der Waals surface area contributed by atoms with Gasteiger partial charge < -0.3 is 37.1 Å². The molecule has 0 bridgehead atoms. The number of carbonyl (C=O) groups is 6. The van der Waals surface area contributed by atoms with Crippen molar-refractivity contribution in [3.8, 4) is 0 Å². The first-order chi connectivity index (χ1) is 17.0. The molecule has 198 valence electrons. The monoisotopic (exact) mass is 505 g/mol. The van der Waals surface area contributed by atoms with E-state index < -0.39 is 29.7 Å². The maximum Gasteiger partial charge on any atom is 0.312 e. The van der Waals surface area contributed by atoms with Crippen LogP contribution in [0.2, 0.25) is 0 Å². The first kappa shape index (κ1) is 30.8. The standard InChI is InChI=1S/C22H36BN7O6/c1-14(2)19(26-11-10-25-8-4-12-30-17(32)6-7-18(30)33)21(35)29-15(5-3-9-27-22(24)36)20(34)28-13-16(23)31/h6-7,14-15,19,25-26H,3-5,8-13H2,1-2H3,(H,28,34)(H,29,35)(H3,24,27,36)/t15-,19?/m0/s1. The molecule has 2 radical (unpaired) electrons. The number of primary amides is 1. The van der Waals surface area contributed by atoms with Crippen molar-refractivity contribution in [2.45, 2.75) is 45.2 Å². The second-order valence-electron chi connectivity index (χ2n) is 8.62. The zero-order valence-corrected chi connectivity index (χ0v) is 20.8. The van der Waals surface area contributed by atoms with E-state index in [1.165, 1.54) is 17.1 Å². The maximum absolute atomic E-state index is 12.9. The lowest BCUT2D eigenvalue weighted by molar-refractivity contribution is -0.136. The lowest BCUT2D eigenvalue weighted by Crippen LogP contribution is -2.55. The summed E-state index contributed by atoms with van der Waals surface area (Å²) >= 11 is 0. The van der Waals surface area contributed by atoms with Crippen LogP contribution in [0.5, 0.6) is 0 Å². The van der Waals surface area contributed by atoms with Crippen LogP contribution < -0.4 is 32.3 Å². The number of urea groups is 1. The van der Waals surface area contributed by atoms with Gasteiger partial charge in [-0.3, -0.25) is 24.1 Å². The highest BCUT2D eigenvalue weighted by Gasteiger charge is 2.27. The van der Waals surface area contributed by atoms with Gasteiger partial charge in [-0.15, -0.1) is 0 Å². The van der Waals surface area contributed by atoms with E-state index in [1.807, 2.05) is 13.8 Å². The van der Waals surface area contributed by atoms with E-state index >= 15 is 0 Å². The van der Waals surface area contributed by atoms with E-state index in [-0.39, 0.29) is 43.1 Å². The maximum atomic E-state index is 12.9. The van der Waals surface area contributed by atoms with E-state index in [2.05, 4.69) is 26.6 Å². The summed E-state index contributed by atoms with van der Waals surface area (Å²) in [6, 6.07) is -2.22. The van der Waals surface area contributed by atoms with Gasteiger partial charge in [0.05, 0.1) is 18.3 Å². The van der Waals surface area contributed by atoms with Gasteiger partial charge in [-0.05, 0) is 31.7 Å². The highest BCUT2D eigenvalue weighted by molar-refractivity contribution is 6.58. The molecular weight excluding hydrogens is 469 g/mol. The SMILES string of the molecule is [B]C(=O)CNC(=O)[C@H](CCCNC(N)=O)NC(=O)C(NCCNCCCN1C(=O)C=CC1=O)C(C)C. The third-order valence-electron chi connectivity index (χ3n) is 5.29. The molecule has 0 saturated heterocycles. The Morgan fingerprint density at radius 1 is 0.944 bits per heavy atom. The molecule has 1 aliphatic rings. The highest BCUT2D eigenvalue weighted by atomic mass is 16.2. The quantitative estimate of drug-likeness (QED) is 0.0656. The van der Waals surface area contributed by atoms with Crippen molar-refractivity contribution in [1.29, 1.82) is 0 Å². The molecule has 1 heterocycles. The Bertz CT molecular complexity index is 818. The van der Waals surface area contributed by atoms with Gasteiger partial charge in [0, 0.05) is 38.3 Å². The molecule has 0 spiro atoms. The van der Waals surface area contributed by atoms with Crippen LogP contribution in [0.3, 0.4) is 0 Å². The summed E-state index contributed by atoms with van der Waals surface area (Å²) < 4.78 is 0. The van der Waals surface area contributed by atoms with Crippen molar-refractivity contribution >= 4 is 43.2 Å². The fourth-order valence-corrected chi connectivity index (χ4v) is 3.43. The minimum Gasteiger partial charge on any atom is -0.352 e. The molecule has 1 unspecified atom stereocenters. The molecule has 1 rings (SSSR count). The van der Waals surface area contributed by atoms with Gasteiger partial charge in [-0.2, -0.15) is 0 Å². The molecule has 0 aromatic heterocycles. The molecule has 0 aromatic carbocycles. The van der Waals surface area contributed by atoms with Crippen LogP contribution in [0.1, 0.15) is 33.1 Å². The number of carbonyl (C=O) groups excluding carboxylic acids is 6. The van der Waals surface area contributed by atoms with Crippen LogP contribution in [0.25, 0.3) is 0 Å². The zero-order chi connectivity index (χ0) is 27.1. The van der Waals surface area contributed by atoms with Gasteiger partial charge in [0.25, 0.3) is 11.8 Å². The lowest BCUT2D eigenvalue weighted by atomic mass is 10.0. The number of nitrogens with two attached hydrogens (primary N) is 1. The summed E-state index contributed by atoms with van der Waals surface area (Å²) in [5, 5.41) is 13.8. The first-order valence-electron chi connectivity index (χ1n) is 11.9. The molecule has 1 aliphatic heterocycles. The van der Waals surface area contributed by atoms with Crippen LogP contribution >= 0.6 is 0 Å². The van der Waals surface area contributed by atoms with Gasteiger partial charge >= 0.3 is 6.03 Å². The largest absolute Gasteiger partial charge is 0.352 e. The molecule has 2 atom stereocenters. The van der Waals surface area contributed by atoms with Crippen molar-refractivity contribution in [3.63, 3.8) is 0 Å².